The predicted octanol–water partition coefficient (Wildman–Crippen LogP) is 3.54. The molecular weight excluding hydrogens is 308 g/mol. The Morgan fingerprint density at radius 3 is 2.35 bits per heavy atom. The molecule has 0 aliphatic carbocycles. The van der Waals surface area contributed by atoms with Crippen molar-refractivity contribution >= 4 is 23.2 Å². The van der Waals surface area contributed by atoms with Gasteiger partial charge in [0.25, 0.3) is 0 Å². The molecule has 4 nitrogen and oxygen atoms in total. The largest absolute Gasteiger partial charge is 0.494 e. The van der Waals surface area contributed by atoms with E-state index in [-0.39, 0.29) is 17.4 Å². The third kappa shape index (κ3) is 7.98. The molecule has 128 valence electrons. The lowest BCUT2D eigenvalue weighted by Gasteiger charge is -2.19. The third-order valence-electron chi connectivity index (χ3n) is 3.21. The van der Waals surface area contributed by atoms with Crippen LogP contribution in [-0.4, -0.2) is 23.7 Å². The first-order valence-electron chi connectivity index (χ1n) is 8.02. The summed E-state index contributed by atoms with van der Waals surface area (Å²) in [5, 5.41) is 6.01. The van der Waals surface area contributed by atoms with Crippen LogP contribution in [-0.2, 0) is 10.2 Å². The van der Waals surface area contributed by atoms with Gasteiger partial charge in [-0.25, -0.2) is 0 Å². The van der Waals surface area contributed by atoms with Gasteiger partial charge < -0.3 is 15.4 Å². The van der Waals surface area contributed by atoms with E-state index in [1.165, 1.54) is 5.56 Å². The lowest BCUT2D eigenvalue weighted by Crippen LogP contribution is -2.42. The van der Waals surface area contributed by atoms with Crippen molar-refractivity contribution in [2.45, 2.75) is 58.9 Å². The fourth-order valence-corrected chi connectivity index (χ4v) is 2.31. The van der Waals surface area contributed by atoms with Crippen LogP contribution in [0, 0.1) is 0 Å². The van der Waals surface area contributed by atoms with Crippen LogP contribution in [0.25, 0.3) is 0 Å². The van der Waals surface area contributed by atoms with Gasteiger partial charge in [0.2, 0.25) is 5.91 Å². The van der Waals surface area contributed by atoms with Gasteiger partial charge in [-0.05, 0) is 55.6 Å². The highest BCUT2D eigenvalue weighted by Crippen LogP contribution is 2.24. The molecule has 0 heterocycles. The summed E-state index contributed by atoms with van der Waals surface area (Å²) in [6.07, 6.45) is 1.04. The molecular formula is C18H28N2O2S. The Morgan fingerprint density at radius 1 is 1.22 bits per heavy atom. The van der Waals surface area contributed by atoms with Crippen LogP contribution in [0.4, 0.5) is 0 Å². The molecule has 0 saturated carbocycles. The minimum atomic E-state index is -0.0881. The number of carbonyl (C=O) groups is 1. The standard InChI is InChI=1S/C18H28N2O2S/c1-13(2)19-17(23)20-16(21)7-6-12-22-15-10-8-14(9-11-15)18(3,4)5/h8-11,13H,6-7,12H2,1-5H3,(H2,19,20,21,23). The number of thiocarbonyl (C=S) groups is 1. The van der Waals surface area contributed by atoms with Crippen LogP contribution in [0.3, 0.4) is 0 Å². The van der Waals surface area contributed by atoms with Gasteiger partial charge in [0.15, 0.2) is 5.11 Å². The molecule has 23 heavy (non-hydrogen) atoms. The van der Waals surface area contributed by atoms with Crippen molar-refractivity contribution in [2.24, 2.45) is 0 Å². The van der Waals surface area contributed by atoms with Gasteiger partial charge in [0, 0.05) is 12.5 Å². The second kappa shape index (κ2) is 8.87. The van der Waals surface area contributed by atoms with Gasteiger partial charge in [0.05, 0.1) is 6.61 Å². The highest BCUT2D eigenvalue weighted by atomic mass is 32.1. The Kier molecular flexibility index (Phi) is 7.49. The molecule has 1 aromatic rings. The maximum atomic E-state index is 11.7. The van der Waals surface area contributed by atoms with Crippen molar-refractivity contribution in [3.8, 4) is 5.75 Å². The van der Waals surface area contributed by atoms with Crippen molar-refractivity contribution in [2.75, 3.05) is 6.61 Å². The van der Waals surface area contributed by atoms with Crippen molar-refractivity contribution in [1.29, 1.82) is 0 Å². The van der Waals surface area contributed by atoms with Gasteiger partial charge in [-0.2, -0.15) is 0 Å². The highest BCUT2D eigenvalue weighted by molar-refractivity contribution is 7.80. The lowest BCUT2D eigenvalue weighted by atomic mass is 9.87. The molecule has 0 aliphatic heterocycles. The molecule has 1 rings (SSSR count). The first-order chi connectivity index (χ1) is 10.7. The van der Waals surface area contributed by atoms with Crippen molar-refractivity contribution in [1.82, 2.24) is 10.6 Å². The minimum Gasteiger partial charge on any atom is -0.494 e. The summed E-state index contributed by atoms with van der Waals surface area (Å²) in [6.45, 7) is 11.0. The summed E-state index contributed by atoms with van der Waals surface area (Å²) in [5.41, 5.74) is 1.41. The number of ether oxygens (including phenoxy) is 1. The maximum Gasteiger partial charge on any atom is 0.226 e. The van der Waals surface area contributed by atoms with Crippen molar-refractivity contribution in [3.63, 3.8) is 0 Å². The van der Waals surface area contributed by atoms with Crippen LogP contribution in [0.1, 0.15) is 53.0 Å². The van der Waals surface area contributed by atoms with E-state index >= 15 is 0 Å². The lowest BCUT2D eigenvalue weighted by molar-refractivity contribution is -0.119. The Labute approximate surface area is 145 Å². The molecule has 0 aliphatic rings. The van der Waals surface area contributed by atoms with E-state index in [2.05, 4.69) is 43.5 Å². The number of nitrogens with one attached hydrogen (secondary N) is 2. The Hall–Kier alpha value is -1.62. The van der Waals surface area contributed by atoms with Crippen LogP contribution in [0.5, 0.6) is 5.75 Å². The predicted molar refractivity (Wildman–Crippen MR) is 98.9 cm³/mol. The summed E-state index contributed by atoms with van der Waals surface area (Å²) in [4.78, 5) is 11.7. The average molecular weight is 337 g/mol. The van der Waals surface area contributed by atoms with Gasteiger partial charge in [0.1, 0.15) is 5.75 Å². The van der Waals surface area contributed by atoms with Crippen molar-refractivity contribution in [3.05, 3.63) is 29.8 Å². The summed E-state index contributed by atoms with van der Waals surface area (Å²) in [7, 11) is 0. The molecule has 0 atom stereocenters. The normalized spacial score (nSPS) is 11.2. The fraction of sp³-hybridized carbons (Fsp3) is 0.556. The number of benzene rings is 1. The molecule has 5 heteroatoms. The summed E-state index contributed by atoms with van der Waals surface area (Å²) >= 11 is 5.03. The molecule has 0 saturated heterocycles. The number of carbonyl (C=O) groups excluding carboxylic acids is 1. The van der Waals surface area contributed by atoms with E-state index in [1.54, 1.807) is 0 Å². The van der Waals surface area contributed by atoms with Crippen molar-refractivity contribution < 1.29 is 9.53 Å². The third-order valence-corrected chi connectivity index (χ3v) is 3.43. The zero-order valence-corrected chi connectivity index (χ0v) is 15.5. The highest BCUT2D eigenvalue weighted by Gasteiger charge is 2.13. The quantitative estimate of drug-likeness (QED) is 0.616. The summed E-state index contributed by atoms with van der Waals surface area (Å²) < 4.78 is 5.67. The molecule has 2 N–H and O–H groups in total. The first kappa shape index (κ1) is 19.4. The number of rotatable bonds is 6. The summed E-state index contributed by atoms with van der Waals surface area (Å²) in [6, 6.07) is 8.32. The summed E-state index contributed by atoms with van der Waals surface area (Å²) in [5.74, 6) is 0.741. The molecule has 0 spiro atoms. The second-order valence-corrected chi connectivity index (χ2v) is 7.31. The smallest absolute Gasteiger partial charge is 0.226 e. The van der Waals surface area contributed by atoms with Crippen LogP contribution in [0.2, 0.25) is 0 Å². The van der Waals surface area contributed by atoms with Gasteiger partial charge in [-0.15, -0.1) is 0 Å². The van der Waals surface area contributed by atoms with Crippen LogP contribution in [0.15, 0.2) is 24.3 Å². The van der Waals surface area contributed by atoms with E-state index in [0.717, 1.165) is 5.75 Å². The fourth-order valence-electron chi connectivity index (χ4n) is 1.96. The molecule has 0 unspecified atom stereocenters. The Morgan fingerprint density at radius 2 is 1.83 bits per heavy atom. The van der Waals surface area contributed by atoms with E-state index in [9.17, 15) is 4.79 Å². The minimum absolute atomic E-state index is 0.0881. The molecule has 1 amide bonds. The van der Waals surface area contributed by atoms with E-state index in [1.807, 2.05) is 26.0 Å². The molecule has 0 bridgehead atoms. The Bertz CT molecular complexity index is 519. The SMILES string of the molecule is CC(C)NC(=S)NC(=O)CCCOc1ccc(C(C)(C)C)cc1. The zero-order valence-electron chi connectivity index (χ0n) is 14.7. The van der Waals surface area contributed by atoms with Crippen LogP contribution < -0.4 is 15.4 Å². The zero-order chi connectivity index (χ0) is 17.5. The number of amides is 1. The number of hydrogen-bond donors (Lipinski definition) is 2. The topological polar surface area (TPSA) is 50.4 Å². The second-order valence-electron chi connectivity index (χ2n) is 6.90. The van der Waals surface area contributed by atoms with Crippen LogP contribution >= 0.6 is 12.2 Å². The van der Waals surface area contributed by atoms with E-state index in [0.29, 0.717) is 24.6 Å². The van der Waals surface area contributed by atoms with Gasteiger partial charge in [-0.3, -0.25) is 4.79 Å². The molecule has 0 aromatic heterocycles. The molecule has 0 fully saturated rings. The average Bonchev–Trinajstić information content (AvgIpc) is 2.42. The monoisotopic (exact) mass is 336 g/mol. The maximum absolute atomic E-state index is 11.7. The van der Waals surface area contributed by atoms with Gasteiger partial charge in [-0.1, -0.05) is 32.9 Å². The van der Waals surface area contributed by atoms with E-state index < -0.39 is 0 Å². The molecule has 0 radical (unpaired) electrons. The Balaban J connectivity index is 2.27. The van der Waals surface area contributed by atoms with Gasteiger partial charge >= 0.3 is 0 Å². The first-order valence-corrected chi connectivity index (χ1v) is 8.43. The number of hydrogen-bond acceptors (Lipinski definition) is 3. The molecule has 1 aromatic carbocycles. The van der Waals surface area contributed by atoms with E-state index in [4.69, 9.17) is 17.0 Å².